The summed E-state index contributed by atoms with van der Waals surface area (Å²) < 4.78 is 27.1. The van der Waals surface area contributed by atoms with Gasteiger partial charge in [0.15, 0.2) is 0 Å². The molecule has 0 atom stereocenters. The second-order valence-electron chi connectivity index (χ2n) is 3.01. The molecule has 0 aromatic heterocycles. The van der Waals surface area contributed by atoms with E-state index in [0.717, 1.165) is 0 Å². The van der Waals surface area contributed by atoms with Gasteiger partial charge in [0.25, 0.3) is 0 Å². The summed E-state index contributed by atoms with van der Waals surface area (Å²) in [7, 11) is -3.55. The first-order valence-corrected chi connectivity index (χ1v) is 6.68. The molecule has 0 amide bonds. The summed E-state index contributed by atoms with van der Waals surface area (Å²) in [5.74, 6) is 0.342. The van der Waals surface area contributed by atoms with E-state index < -0.39 is 7.82 Å². The lowest BCUT2D eigenvalue weighted by Crippen LogP contribution is -2.02. The number of benzene rings is 1. The van der Waals surface area contributed by atoms with Crippen molar-refractivity contribution >= 4 is 7.82 Å². The fraction of sp³-hybridized carbons (Fsp3) is 0.364. The Balaban J connectivity index is 2.79. The second-order valence-corrected chi connectivity index (χ2v) is 4.60. The van der Waals surface area contributed by atoms with Crippen LogP contribution in [0.15, 0.2) is 24.3 Å². The first-order chi connectivity index (χ1) is 8.13. The van der Waals surface area contributed by atoms with Gasteiger partial charge in [0, 0.05) is 0 Å². The van der Waals surface area contributed by atoms with Crippen molar-refractivity contribution in [3.8, 4) is 11.8 Å². The SMILES string of the molecule is CCOP(=O)(OCC)Oc1ccc(C#N)cc1. The van der Waals surface area contributed by atoms with Gasteiger partial charge in [-0.05, 0) is 38.1 Å². The third-order valence-electron chi connectivity index (χ3n) is 1.78. The van der Waals surface area contributed by atoms with E-state index >= 15 is 0 Å². The molecule has 0 heterocycles. The van der Waals surface area contributed by atoms with E-state index in [4.69, 9.17) is 18.8 Å². The highest BCUT2D eigenvalue weighted by Gasteiger charge is 2.27. The zero-order valence-electron chi connectivity index (χ0n) is 9.75. The number of rotatable bonds is 6. The van der Waals surface area contributed by atoms with E-state index in [1.54, 1.807) is 38.1 Å². The summed E-state index contributed by atoms with van der Waals surface area (Å²) >= 11 is 0. The quantitative estimate of drug-likeness (QED) is 0.730. The minimum atomic E-state index is -3.55. The van der Waals surface area contributed by atoms with Gasteiger partial charge in [-0.15, -0.1) is 0 Å². The molecule has 1 aromatic carbocycles. The van der Waals surface area contributed by atoms with Crippen LogP contribution >= 0.6 is 7.82 Å². The number of nitriles is 1. The molecule has 5 nitrogen and oxygen atoms in total. The van der Waals surface area contributed by atoms with Crippen LogP contribution in [-0.2, 0) is 13.6 Å². The average molecular weight is 255 g/mol. The standard InChI is InChI=1S/C11H14NO4P/c1-3-14-17(13,15-4-2)16-11-7-5-10(9-12)6-8-11/h5-8H,3-4H2,1-2H3. The highest BCUT2D eigenvalue weighted by Crippen LogP contribution is 2.49. The van der Waals surface area contributed by atoms with E-state index in [0.29, 0.717) is 11.3 Å². The Hall–Kier alpha value is -1.34. The zero-order chi connectivity index (χ0) is 12.7. The molecule has 0 unspecified atom stereocenters. The van der Waals surface area contributed by atoms with Gasteiger partial charge >= 0.3 is 7.82 Å². The van der Waals surface area contributed by atoms with Crippen molar-refractivity contribution in [3.05, 3.63) is 29.8 Å². The van der Waals surface area contributed by atoms with E-state index in [-0.39, 0.29) is 13.2 Å². The lowest BCUT2D eigenvalue weighted by atomic mass is 10.2. The van der Waals surface area contributed by atoms with E-state index in [1.165, 1.54) is 0 Å². The number of hydrogen-bond donors (Lipinski definition) is 0. The Kier molecular flexibility index (Phi) is 5.17. The van der Waals surface area contributed by atoms with Crippen LogP contribution in [0.3, 0.4) is 0 Å². The third kappa shape index (κ3) is 4.20. The van der Waals surface area contributed by atoms with E-state index in [2.05, 4.69) is 0 Å². The fourth-order valence-electron chi connectivity index (χ4n) is 1.13. The van der Waals surface area contributed by atoms with Crippen LogP contribution in [0, 0.1) is 11.3 Å². The average Bonchev–Trinajstić information content (AvgIpc) is 2.30. The molecule has 0 saturated heterocycles. The highest BCUT2D eigenvalue weighted by atomic mass is 31.2. The van der Waals surface area contributed by atoms with Crippen LogP contribution in [0.1, 0.15) is 19.4 Å². The monoisotopic (exact) mass is 255 g/mol. The summed E-state index contributed by atoms with van der Waals surface area (Å²) in [5.41, 5.74) is 0.500. The normalized spacial score (nSPS) is 10.9. The van der Waals surface area contributed by atoms with Gasteiger partial charge in [-0.1, -0.05) is 0 Å². The first kappa shape index (κ1) is 13.7. The molecule has 0 fully saturated rings. The topological polar surface area (TPSA) is 68.6 Å². The van der Waals surface area contributed by atoms with Gasteiger partial charge in [-0.25, -0.2) is 4.57 Å². The predicted octanol–water partition coefficient (Wildman–Crippen LogP) is 3.12. The lowest BCUT2D eigenvalue weighted by molar-refractivity contribution is 0.167. The van der Waals surface area contributed by atoms with Crippen molar-refractivity contribution in [2.24, 2.45) is 0 Å². The van der Waals surface area contributed by atoms with Crippen molar-refractivity contribution < 1.29 is 18.1 Å². The molecule has 17 heavy (non-hydrogen) atoms. The van der Waals surface area contributed by atoms with Gasteiger partial charge in [0.2, 0.25) is 0 Å². The molecular formula is C11H14NO4P. The van der Waals surface area contributed by atoms with Crippen molar-refractivity contribution in [2.75, 3.05) is 13.2 Å². The van der Waals surface area contributed by atoms with Crippen molar-refractivity contribution in [3.63, 3.8) is 0 Å². The van der Waals surface area contributed by atoms with E-state index in [9.17, 15) is 4.57 Å². The summed E-state index contributed by atoms with van der Waals surface area (Å²) in [6, 6.07) is 8.20. The molecule has 0 aliphatic rings. The van der Waals surface area contributed by atoms with Crippen LogP contribution in [0.5, 0.6) is 5.75 Å². The van der Waals surface area contributed by atoms with Crippen molar-refractivity contribution in [1.29, 1.82) is 5.26 Å². The molecule has 92 valence electrons. The Morgan fingerprint density at radius 3 is 2.12 bits per heavy atom. The number of phosphoric ester groups is 1. The van der Waals surface area contributed by atoms with Crippen molar-refractivity contribution in [1.82, 2.24) is 0 Å². The first-order valence-electron chi connectivity index (χ1n) is 5.22. The summed E-state index contributed by atoms with van der Waals surface area (Å²) in [6.07, 6.45) is 0. The van der Waals surface area contributed by atoms with Gasteiger partial charge in [0.1, 0.15) is 5.75 Å². The zero-order valence-corrected chi connectivity index (χ0v) is 10.6. The molecule has 0 N–H and O–H groups in total. The summed E-state index contributed by atoms with van der Waals surface area (Å²) in [4.78, 5) is 0. The third-order valence-corrected chi connectivity index (χ3v) is 3.36. The maximum atomic E-state index is 12.0. The maximum Gasteiger partial charge on any atom is 0.530 e. The molecule has 1 aromatic rings. The Bertz CT molecular complexity index is 428. The second kappa shape index (κ2) is 6.41. The Labute approximate surface area is 101 Å². The molecule has 1 rings (SSSR count). The van der Waals surface area contributed by atoms with Crippen LogP contribution in [0.25, 0.3) is 0 Å². The molecule has 6 heteroatoms. The molecule has 0 radical (unpaired) electrons. The maximum absolute atomic E-state index is 12.0. The largest absolute Gasteiger partial charge is 0.530 e. The Morgan fingerprint density at radius 2 is 1.71 bits per heavy atom. The van der Waals surface area contributed by atoms with Crippen LogP contribution in [0.2, 0.25) is 0 Å². The molecule has 0 saturated carbocycles. The molecule has 0 aliphatic carbocycles. The molecule has 0 aliphatic heterocycles. The van der Waals surface area contributed by atoms with Gasteiger partial charge in [-0.2, -0.15) is 5.26 Å². The molecule has 0 spiro atoms. The predicted molar refractivity (Wildman–Crippen MR) is 62.6 cm³/mol. The fourth-order valence-corrected chi connectivity index (χ4v) is 2.32. The van der Waals surface area contributed by atoms with Gasteiger partial charge in [0.05, 0.1) is 24.8 Å². The summed E-state index contributed by atoms with van der Waals surface area (Å²) in [6.45, 7) is 3.86. The Morgan fingerprint density at radius 1 is 1.18 bits per heavy atom. The minimum Gasteiger partial charge on any atom is -0.404 e. The van der Waals surface area contributed by atoms with Crippen LogP contribution in [-0.4, -0.2) is 13.2 Å². The molecular weight excluding hydrogens is 241 g/mol. The highest BCUT2D eigenvalue weighted by molar-refractivity contribution is 7.48. The molecule has 0 bridgehead atoms. The van der Waals surface area contributed by atoms with E-state index in [1.807, 2.05) is 6.07 Å². The van der Waals surface area contributed by atoms with Crippen molar-refractivity contribution in [2.45, 2.75) is 13.8 Å². The van der Waals surface area contributed by atoms with Crippen LogP contribution < -0.4 is 4.52 Å². The number of phosphoric acid groups is 1. The minimum absolute atomic E-state index is 0.230. The smallest absolute Gasteiger partial charge is 0.404 e. The number of hydrogen-bond acceptors (Lipinski definition) is 5. The number of nitrogens with zero attached hydrogens (tertiary/aromatic N) is 1. The summed E-state index contributed by atoms with van der Waals surface area (Å²) in [5, 5.41) is 8.63. The van der Waals surface area contributed by atoms with Gasteiger partial charge < -0.3 is 4.52 Å². The lowest BCUT2D eigenvalue weighted by Gasteiger charge is -2.16. The van der Waals surface area contributed by atoms with Crippen LogP contribution in [0.4, 0.5) is 0 Å². The van der Waals surface area contributed by atoms with Gasteiger partial charge in [-0.3, -0.25) is 9.05 Å².